The van der Waals surface area contributed by atoms with Crippen LogP contribution in [0.3, 0.4) is 0 Å². The minimum absolute atomic E-state index is 0.250. The van der Waals surface area contributed by atoms with Crippen molar-refractivity contribution in [3.8, 4) is 0 Å². The monoisotopic (exact) mass is 126 g/mol. The number of fused-ring (bicyclic) bond motifs is 2. The normalized spacial score (nSPS) is 46.6. The van der Waals surface area contributed by atoms with Gasteiger partial charge in [-0.25, -0.2) is 0 Å². The van der Waals surface area contributed by atoms with Gasteiger partial charge in [-0.1, -0.05) is 12.2 Å². The van der Waals surface area contributed by atoms with Crippen molar-refractivity contribution in [3.63, 3.8) is 0 Å². The Hall–Kier alpha value is -0.340. The highest BCUT2D eigenvalue weighted by Crippen LogP contribution is 2.29. The Labute approximate surface area is 54.5 Å². The maximum Gasteiger partial charge on any atom is 0.103 e. The molecule has 2 heterocycles. The van der Waals surface area contributed by atoms with Crippen LogP contribution in [0.25, 0.3) is 0 Å². The minimum Gasteiger partial charge on any atom is -0.378 e. The van der Waals surface area contributed by atoms with Gasteiger partial charge in [-0.3, -0.25) is 0 Å². The summed E-state index contributed by atoms with van der Waals surface area (Å²) in [6.45, 7) is 0. The largest absolute Gasteiger partial charge is 0.378 e. The van der Waals surface area contributed by atoms with Gasteiger partial charge >= 0.3 is 0 Å². The van der Waals surface area contributed by atoms with Crippen LogP contribution in [0.15, 0.2) is 12.2 Å². The molecule has 0 aliphatic carbocycles. The van der Waals surface area contributed by atoms with E-state index in [0.717, 1.165) is 6.42 Å². The lowest BCUT2D eigenvalue weighted by atomic mass is 10.1. The Balaban J connectivity index is 2.10. The molecule has 0 aromatic rings. The molecule has 2 aliphatic rings. The van der Waals surface area contributed by atoms with Gasteiger partial charge in [0.25, 0.3) is 0 Å². The molecule has 2 nitrogen and oxygen atoms in total. The molecule has 0 N–H and O–H groups in total. The summed E-state index contributed by atoms with van der Waals surface area (Å²) in [5.41, 5.74) is 0. The molecule has 0 radical (unpaired) electrons. The topological polar surface area (TPSA) is 18.5 Å². The quantitative estimate of drug-likeness (QED) is 0.482. The molecule has 1 fully saturated rings. The van der Waals surface area contributed by atoms with Gasteiger partial charge in [-0.05, 0) is 0 Å². The van der Waals surface area contributed by atoms with Crippen molar-refractivity contribution < 1.29 is 9.47 Å². The Bertz CT molecular complexity index is 142. The first kappa shape index (κ1) is 5.45. The molecule has 9 heavy (non-hydrogen) atoms. The maximum atomic E-state index is 5.44. The fourth-order valence-corrected chi connectivity index (χ4v) is 1.47. The maximum absolute atomic E-state index is 5.44. The van der Waals surface area contributed by atoms with Crippen LogP contribution in [0.1, 0.15) is 6.42 Å². The second kappa shape index (κ2) is 1.82. The summed E-state index contributed by atoms with van der Waals surface area (Å²) in [4.78, 5) is 0. The first-order valence-electron chi connectivity index (χ1n) is 3.27. The highest BCUT2D eigenvalue weighted by molar-refractivity contribution is 5.11. The zero-order valence-corrected chi connectivity index (χ0v) is 5.41. The van der Waals surface area contributed by atoms with E-state index in [1.165, 1.54) is 0 Å². The van der Waals surface area contributed by atoms with Crippen molar-refractivity contribution in [3.05, 3.63) is 12.2 Å². The van der Waals surface area contributed by atoms with Crippen LogP contribution in [-0.4, -0.2) is 25.4 Å². The molecule has 1 saturated heterocycles. The molecule has 0 aromatic heterocycles. The third kappa shape index (κ3) is 0.705. The summed E-state index contributed by atoms with van der Waals surface area (Å²) in [6.07, 6.45) is 6.15. The molecule has 2 heteroatoms. The molecule has 3 atom stereocenters. The molecule has 0 saturated carbocycles. The summed E-state index contributed by atoms with van der Waals surface area (Å²) >= 11 is 0. The van der Waals surface area contributed by atoms with Crippen molar-refractivity contribution in [2.45, 2.75) is 24.7 Å². The van der Waals surface area contributed by atoms with Crippen LogP contribution >= 0.6 is 0 Å². The molecule has 0 spiro atoms. The Morgan fingerprint density at radius 1 is 1.56 bits per heavy atom. The van der Waals surface area contributed by atoms with Crippen molar-refractivity contribution in [2.24, 2.45) is 0 Å². The first-order valence-corrected chi connectivity index (χ1v) is 3.27. The van der Waals surface area contributed by atoms with Gasteiger partial charge in [0, 0.05) is 13.5 Å². The van der Waals surface area contributed by atoms with Crippen molar-refractivity contribution in [1.82, 2.24) is 0 Å². The van der Waals surface area contributed by atoms with Crippen LogP contribution in [0, 0.1) is 0 Å². The summed E-state index contributed by atoms with van der Waals surface area (Å²) in [5.74, 6) is 0. The van der Waals surface area contributed by atoms with Crippen molar-refractivity contribution in [2.75, 3.05) is 7.11 Å². The number of ether oxygens (including phenoxy) is 2. The second-order valence-corrected chi connectivity index (χ2v) is 2.53. The average molecular weight is 126 g/mol. The smallest absolute Gasteiger partial charge is 0.103 e. The van der Waals surface area contributed by atoms with E-state index in [4.69, 9.17) is 9.47 Å². The predicted octanol–water partition coefficient (Wildman–Crippen LogP) is 0.729. The lowest BCUT2D eigenvalue weighted by Gasteiger charge is -2.11. The number of hydrogen-bond acceptors (Lipinski definition) is 2. The van der Waals surface area contributed by atoms with Crippen LogP contribution in [0.4, 0.5) is 0 Å². The van der Waals surface area contributed by atoms with Crippen molar-refractivity contribution in [1.29, 1.82) is 0 Å². The molecule has 0 aromatic carbocycles. The molecule has 3 unspecified atom stereocenters. The third-order valence-corrected chi connectivity index (χ3v) is 1.98. The zero-order chi connectivity index (χ0) is 6.27. The fourth-order valence-electron chi connectivity index (χ4n) is 1.47. The summed E-state index contributed by atoms with van der Waals surface area (Å²) in [5, 5.41) is 0. The van der Waals surface area contributed by atoms with E-state index >= 15 is 0 Å². The highest BCUT2D eigenvalue weighted by Gasteiger charge is 2.36. The predicted molar refractivity (Wildman–Crippen MR) is 33.2 cm³/mol. The van der Waals surface area contributed by atoms with Gasteiger partial charge in [-0.15, -0.1) is 0 Å². The second-order valence-electron chi connectivity index (χ2n) is 2.53. The van der Waals surface area contributed by atoms with Gasteiger partial charge in [0.1, 0.15) is 6.10 Å². The van der Waals surface area contributed by atoms with Crippen LogP contribution < -0.4 is 0 Å². The van der Waals surface area contributed by atoms with E-state index in [9.17, 15) is 0 Å². The lowest BCUT2D eigenvalue weighted by molar-refractivity contribution is 0.0417. The van der Waals surface area contributed by atoms with E-state index in [0.29, 0.717) is 12.2 Å². The van der Waals surface area contributed by atoms with Gasteiger partial charge in [0.05, 0.1) is 12.2 Å². The van der Waals surface area contributed by atoms with Crippen molar-refractivity contribution >= 4 is 0 Å². The minimum atomic E-state index is 0.250. The number of rotatable bonds is 1. The molecule has 2 rings (SSSR count). The van der Waals surface area contributed by atoms with E-state index in [1.54, 1.807) is 7.11 Å². The molecule has 0 amide bonds. The molecular formula is C7H10O2. The van der Waals surface area contributed by atoms with E-state index in [2.05, 4.69) is 12.2 Å². The molecule has 2 aliphatic heterocycles. The van der Waals surface area contributed by atoms with Crippen LogP contribution in [0.5, 0.6) is 0 Å². The zero-order valence-electron chi connectivity index (χ0n) is 5.41. The third-order valence-electron chi connectivity index (χ3n) is 1.98. The standard InChI is InChI=1S/C7H10O2/c1-8-7-4-5-2-3-6(7)9-5/h2-3,5-7H,4H2,1H3. The van der Waals surface area contributed by atoms with Crippen LogP contribution in [-0.2, 0) is 9.47 Å². The fraction of sp³-hybridized carbons (Fsp3) is 0.714. The van der Waals surface area contributed by atoms with Gasteiger partial charge in [0.2, 0.25) is 0 Å². The van der Waals surface area contributed by atoms with E-state index in [1.807, 2.05) is 0 Å². The van der Waals surface area contributed by atoms with Gasteiger partial charge < -0.3 is 9.47 Å². The summed E-state index contributed by atoms with van der Waals surface area (Å²) in [7, 11) is 1.74. The summed E-state index contributed by atoms with van der Waals surface area (Å²) in [6, 6.07) is 0. The van der Waals surface area contributed by atoms with E-state index in [-0.39, 0.29) is 6.10 Å². The van der Waals surface area contributed by atoms with Gasteiger partial charge in [0.15, 0.2) is 0 Å². The first-order chi connectivity index (χ1) is 4.40. The lowest BCUT2D eigenvalue weighted by Crippen LogP contribution is -2.20. The SMILES string of the molecule is COC1CC2C=CC1O2. The Morgan fingerprint density at radius 3 is 2.78 bits per heavy atom. The summed E-state index contributed by atoms with van der Waals surface area (Å²) < 4.78 is 10.6. The molecule has 50 valence electrons. The average Bonchev–Trinajstić information content (AvgIpc) is 2.45. The van der Waals surface area contributed by atoms with E-state index < -0.39 is 0 Å². The Kier molecular flexibility index (Phi) is 1.10. The number of hydrogen-bond donors (Lipinski definition) is 0. The Morgan fingerprint density at radius 2 is 2.44 bits per heavy atom. The van der Waals surface area contributed by atoms with Gasteiger partial charge in [-0.2, -0.15) is 0 Å². The molecular weight excluding hydrogens is 116 g/mol. The number of methoxy groups -OCH3 is 1. The van der Waals surface area contributed by atoms with Crippen LogP contribution in [0.2, 0.25) is 0 Å². The highest BCUT2D eigenvalue weighted by atomic mass is 16.6. The molecule has 2 bridgehead atoms.